The number of amides is 1. The van der Waals surface area contributed by atoms with E-state index in [9.17, 15) is 10.1 Å². The lowest BCUT2D eigenvalue weighted by molar-refractivity contribution is 0.194. The largest absolute Gasteiger partial charge is 0.419 e. The number of rotatable bonds is 8. The van der Waals surface area contributed by atoms with Gasteiger partial charge in [0.05, 0.1) is 36.6 Å². The molecule has 1 aliphatic rings. The van der Waals surface area contributed by atoms with E-state index in [1.165, 1.54) is 25.1 Å². The summed E-state index contributed by atoms with van der Waals surface area (Å²) in [6.45, 7) is 0. The Labute approximate surface area is 207 Å². The maximum atomic E-state index is 11.9. The van der Waals surface area contributed by atoms with Crippen LogP contribution in [0.25, 0.3) is 11.3 Å². The van der Waals surface area contributed by atoms with E-state index in [1.54, 1.807) is 36.7 Å². The van der Waals surface area contributed by atoms with Crippen molar-refractivity contribution in [1.29, 1.82) is 5.26 Å². The van der Waals surface area contributed by atoms with E-state index in [2.05, 4.69) is 36.9 Å². The highest BCUT2D eigenvalue weighted by Gasteiger charge is 2.27. The molecule has 0 radical (unpaired) electrons. The molecule has 4 aromatic rings. The summed E-state index contributed by atoms with van der Waals surface area (Å²) in [5.41, 5.74) is 2.88. The molecule has 0 saturated heterocycles. The van der Waals surface area contributed by atoms with Crippen molar-refractivity contribution >= 4 is 23.4 Å². The average molecular weight is 485 g/mol. The van der Waals surface area contributed by atoms with Gasteiger partial charge in [-0.15, -0.1) is 0 Å². The molecule has 1 amide bonds. The molecule has 1 fully saturated rings. The molecule has 3 aromatic heterocycles. The van der Waals surface area contributed by atoms with Crippen LogP contribution in [0.4, 0.5) is 22.1 Å². The number of carbonyl (C=O) groups excluding carboxylic acids is 1. The van der Waals surface area contributed by atoms with Crippen LogP contribution < -0.4 is 15.4 Å². The van der Waals surface area contributed by atoms with Crippen molar-refractivity contribution in [3.05, 3.63) is 61.2 Å². The summed E-state index contributed by atoms with van der Waals surface area (Å²) < 4.78 is 11.6. The molecule has 1 saturated carbocycles. The third kappa shape index (κ3) is 5.50. The van der Waals surface area contributed by atoms with E-state index in [1.807, 2.05) is 16.9 Å². The first kappa shape index (κ1) is 23.0. The van der Waals surface area contributed by atoms with Crippen molar-refractivity contribution in [2.75, 3.05) is 10.6 Å². The summed E-state index contributed by atoms with van der Waals surface area (Å²) in [6, 6.07) is 12.7. The minimum absolute atomic E-state index is 0.00693. The summed E-state index contributed by atoms with van der Waals surface area (Å²) in [5.74, 6) is 0.920. The predicted molar refractivity (Wildman–Crippen MR) is 130 cm³/mol. The standard InChI is InChI=1S/C25H24N8O3/c26-12-9-22(17-3-1-2-4-17)33-16-18(15-28-33)21-10-13-27-24(32-21)30-19-5-7-20(8-6-19)31-25(34)35-23-11-14-29-36-23/h5-8,10-11,13-17,22H,1-4,9H2,(H,31,34)(H,27,30,32). The lowest BCUT2D eigenvalue weighted by atomic mass is 9.96. The summed E-state index contributed by atoms with van der Waals surface area (Å²) in [7, 11) is 0. The lowest BCUT2D eigenvalue weighted by Crippen LogP contribution is -2.17. The van der Waals surface area contributed by atoms with Crippen LogP contribution in [0.15, 0.2) is 65.7 Å². The Morgan fingerprint density at radius 1 is 1.17 bits per heavy atom. The number of ether oxygens (including phenoxy) is 1. The van der Waals surface area contributed by atoms with Crippen molar-refractivity contribution in [2.45, 2.75) is 38.1 Å². The second kappa shape index (κ2) is 10.7. The van der Waals surface area contributed by atoms with E-state index in [0.717, 1.165) is 29.8 Å². The first-order valence-electron chi connectivity index (χ1n) is 11.7. The minimum Gasteiger partial charge on any atom is -0.374 e. The van der Waals surface area contributed by atoms with Crippen molar-refractivity contribution in [3.8, 4) is 23.3 Å². The number of carbonyl (C=O) groups is 1. The molecule has 11 heteroatoms. The number of nitrogens with one attached hydrogen (secondary N) is 2. The molecule has 0 spiro atoms. The topological polar surface area (TPSA) is 144 Å². The molecule has 5 rings (SSSR count). The molecule has 3 heterocycles. The van der Waals surface area contributed by atoms with Crippen LogP contribution >= 0.6 is 0 Å². The Bertz CT molecular complexity index is 1340. The van der Waals surface area contributed by atoms with Gasteiger partial charge in [0.1, 0.15) is 0 Å². The van der Waals surface area contributed by atoms with Crippen LogP contribution in [0.5, 0.6) is 5.95 Å². The minimum atomic E-state index is -0.686. The van der Waals surface area contributed by atoms with Gasteiger partial charge in [0.25, 0.3) is 0 Å². The zero-order chi connectivity index (χ0) is 24.7. The van der Waals surface area contributed by atoms with E-state index >= 15 is 0 Å². The van der Waals surface area contributed by atoms with E-state index in [4.69, 9.17) is 9.26 Å². The zero-order valence-corrected chi connectivity index (χ0v) is 19.4. The van der Waals surface area contributed by atoms with Crippen LogP contribution in [0, 0.1) is 17.2 Å². The molecule has 2 N–H and O–H groups in total. The maximum absolute atomic E-state index is 11.9. The molecule has 0 aliphatic heterocycles. The van der Waals surface area contributed by atoms with Crippen LogP contribution in [0.2, 0.25) is 0 Å². The molecule has 1 unspecified atom stereocenters. The average Bonchev–Trinajstić information content (AvgIpc) is 3.67. The summed E-state index contributed by atoms with van der Waals surface area (Å²) >= 11 is 0. The van der Waals surface area contributed by atoms with Crippen LogP contribution in [0.1, 0.15) is 38.1 Å². The normalized spacial score (nSPS) is 14.2. The molecule has 1 atom stereocenters. The first-order valence-corrected chi connectivity index (χ1v) is 11.7. The van der Waals surface area contributed by atoms with Crippen molar-refractivity contribution < 1.29 is 14.1 Å². The third-order valence-corrected chi connectivity index (χ3v) is 6.13. The van der Waals surface area contributed by atoms with Crippen LogP contribution in [-0.4, -0.2) is 31.0 Å². The molecule has 182 valence electrons. The van der Waals surface area contributed by atoms with Gasteiger partial charge in [-0.05, 0) is 49.1 Å². The second-order valence-electron chi connectivity index (χ2n) is 8.50. The molecular weight excluding hydrogens is 460 g/mol. The van der Waals surface area contributed by atoms with Crippen LogP contribution in [-0.2, 0) is 0 Å². The molecule has 36 heavy (non-hydrogen) atoms. The van der Waals surface area contributed by atoms with E-state index in [0.29, 0.717) is 24.0 Å². The Morgan fingerprint density at radius 2 is 1.97 bits per heavy atom. The number of aromatic nitrogens is 5. The van der Waals surface area contributed by atoms with Gasteiger partial charge < -0.3 is 14.6 Å². The first-order chi connectivity index (χ1) is 17.7. The zero-order valence-electron chi connectivity index (χ0n) is 19.4. The van der Waals surface area contributed by atoms with Crippen molar-refractivity contribution in [3.63, 3.8) is 0 Å². The Hall–Kier alpha value is -4.72. The Kier molecular flexibility index (Phi) is 6.84. The number of nitriles is 1. The highest BCUT2D eigenvalue weighted by molar-refractivity contribution is 5.86. The fourth-order valence-electron chi connectivity index (χ4n) is 4.40. The number of benzene rings is 1. The van der Waals surface area contributed by atoms with Gasteiger partial charge >= 0.3 is 12.0 Å². The fraction of sp³-hybridized carbons (Fsp3) is 0.280. The second-order valence-corrected chi connectivity index (χ2v) is 8.50. The van der Waals surface area contributed by atoms with E-state index in [-0.39, 0.29) is 12.0 Å². The summed E-state index contributed by atoms with van der Waals surface area (Å²) in [6.07, 6.45) is 11.3. The number of anilines is 3. The SMILES string of the molecule is N#CCC(C1CCCC1)n1cc(-c2ccnc(Nc3ccc(NC(=O)Oc4ccno4)cc3)n2)cn1. The fourth-order valence-corrected chi connectivity index (χ4v) is 4.40. The van der Waals surface area contributed by atoms with Gasteiger partial charge in [0.2, 0.25) is 5.95 Å². The molecule has 11 nitrogen and oxygen atoms in total. The summed E-state index contributed by atoms with van der Waals surface area (Å²) in [4.78, 5) is 20.8. The van der Waals surface area contributed by atoms with Crippen LogP contribution in [0.3, 0.4) is 0 Å². The maximum Gasteiger partial charge on any atom is 0.419 e. The monoisotopic (exact) mass is 484 g/mol. The predicted octanol–water partition coefficient (Wildman–Crippen LogP) is 5.33. The Morgan fingerprint density at radius 3 is 2.72 bits per heavy atom. The van der Waals surface area contributed by atoms with Crippen molar-refractivity contribution in [1.82, 2.24) is 24.9 Å². The highest BCUT2D eigenvalue weighted by Crippen LogP contribution is 2.36. The lowest BCUT2D eigenvalue weighted by Gasteiger charge is -2.21. The van der Waals surface area contributed by atoms with Gasteiger partial charge in [-0.25, -0.2) is 14.8 Å². The highest BCUT2D eigenvalue weighted by atomic mass is 16.7. The van der Waals surface area contributed by atoms with Gasteiger partial charge in [0.15, 0.2) is 0 Å². The molecule has 0 bridgehead atoms. The van der Waals surface area contributed by atoms with Gasteiger partial charge in [0, 0.05) is 35.4 Å². The molecular formula is C25H24N8O3. The smallest absolute Gasteiger partial charge is 0.374 e. The van der Waals surface area contributed by atoms with Gasteiger partial charge in [-0.3, -0.25) is 10.00 Å². The van der Waals surface area contributed by atoms with Gasteiger partial charge in [-0.2, -0.15) is 10.4 Å². The van der Waals surface area contributed by atoms with Crippen molar-refractivity contribution in [2.24, 2.45) is 5.92 Å². The number of hydrogen-bond donors (Lipinski definition) is 2. The number of nitrogens with zero attached hydrogens (tertiary/aromatic N) is 6. The Balaban J connectivity index is 1.23. The third-order valence-electron chi connectivity index (χ3n) is 6.13. The number of hydrogen-bond acceptors (Lipinski definition) is 9. The van der Waals surface area contributed by atoms with Gasteiger partial charge in [-0.1, -0.05) is 18.0 Å². The summed E-state index contributed by atoms with van der Waals surface area (Å²) in [5, 5.41) is 23.1. The van der Waals surface area contributed by atoms with E-state index < -0.39 is 6.09 Å². The molecule has 1 aromatic carbocycles. The quantitative estimate of drug-likeness (QED) is 0.339. The molecule has 1 aliphatic carbocycles.